The van der Waals surface area contributed by atoms with E-state index in [4.69, 9.17) is 0 Å². The minimum atomic E-state index is -0.235. The van der Waals surface area contributed by atoms with Crippen LogP contribution in [0.1, 0.15) is 45.6 Å². The standard InChI is InChI=1S/C17H24BrFO/c1-11-7-8-13(15(20)9-11)17(2,3)10-12-5-4-6-14(19)16(12)18/h4-6,11,13,15,20H,7-10H2,1-3H3. The molecule has 0 heterocycles. The summed E-state index contributed by atoms with van der Waals surface area (Å²) in [5.74, 6) is 0.683. The highest BCUT2D eigenvalue weighted by molar-refractivity contribution is 9.10. The van der Waals surface area contributed by atoms with E-state index in [2.05, 4.69) is 36.7 Å². The molecule has 0 aromatic heterocycles. The normalized spacial score (nSPS) is 27.6. The van der Waals surface area contributed by atoms with Gasteiger partial charge in [-0.3, -0.25) is 0 Å². The van der Waals surface area contributed by atoms with Crippen LogP contribution >= 0.6 is 15.9 Å². The van der Waals surface area contributed by atoms with E-state index in [0.29, 0.717) is 10.4 Å². The maximum atomic E-state index is 13.6. The Balaban J connectivity index is 2.16. The zero-order chi connectivity index (χ0) is 14.9. The van der Waals surface area contributed by atoms with Crippen LogP contribution in [0.2, 0.25) is 0 Å². The molecular weight excluding hydrogens is 319 g/mol. The molecule has 1 N–H and O–H groups in total. The fraction of sp³-hybridized carbons (Fsp3) is 0.647. The van der Waals surface area contributed by atoms with Gasteiger partial charge < -0.3 is 5.11 Å². The summed E-state index contributed by atoms with van der Waals surface area (Å²) in [7, 11) is 0. The van der Waals surface area contributed by atoms with Crippen LogP contribution in [0.15, 0.2) is 22.7 Å². The minimum Gasteiger partial charge on any atom is -0.393 e. The van der Waals surface area contributed by atoms with Crippen molar-refractivity contribution in [3.05, 3.63) is 34.1 Å². The second-order valence-electron chi connectivity index (χ2n) is 6.97. The number of hydrogen-bond donors (Lipinski definition) is 1. The number of benzene rings is 1. The molecule has 1 nitrogen and oxygen atoms in total. The third-order valence-electron chi connectivity index (χ3n) is 4.76. The van der Waals surface area contributed by atoms with Gasteiger partial charge in [0.25, 0.3) is 0 Å². The summed E-state index contributed by atoms with van der Waals surface area (Å²) in [6.07, 6.45) is 3.67. The molecule has 1 saturated carbocycles. The van der Waals surface area contributed by atoms with E-state index in [1.165, 1.54) is 12.5 Å². The highest BCUT2D eigenvalue weighted by atomic mass is 79.9. The number of aliphatic hydroxyl groups is 1. The van der Waals surface area contributed by atoms with Crippen LogP contribution < -0.4 is 0 Å². The van der Waals surface area contributed by atoms with Crippen molar-refractivity contribution in [2.45, 2.75) is 52.6 Å². The molecule has 1 aliphatic rings. The first kappa shape index (κ1) is 16.0. The smallest absolute Gasteiger partial charge is 0.137 e. The number of aliphatic hydroxyl groups excluding tert-OH is 1. The summed E-state index contributed by atoms with van der Waals surface area (Å²) in [4.78, 5) is 0. The largest absolute Gasteiger partial charge is 0.393 e. The van der Waals surface area contributed by atoms with Gasteiger partial charge in [0.05, 0.1) is 10.6 Å². The van der Waals surface area contributed by atoms with E-state index in [0.717, 1.165) is 24.8 Å². The van der Waals surface area contributed by atoms with Crippen LogP contribution in [-0.2, 0) is 6.42 Å². The van der Waals surface area contributed by atoms with Crippen molar-refractivity contribution in [2.75, 3.05) is 0 Å². The van der Waals surface area contributed by atoms with E-state index in [-0.39, 0.29) is 23.3 Å². The molecule has 0 aliphatic heterocycles. The Kier molecular flexibility index (Phi) is 4.91. The molecule has 3 heteroatoms. The summed E-state index contributed by atoms with van der Waals surface area (Å²) < 4.78 is 14.2. The second kappa shape index (κ2) is 6.15. The first-order valence-electron chi connectivity index (χ1n) is 7.42. The Labute approximate surface area is 129 Å². The first-order chi connectivity index (χ1) is 9.31. The highest BCUT2D eigenvalue weighted by Gasteiger charge is 2.38. The first-order valence-corrected chi connectivity index (χ1v) is 8.21. The van der Waals surface area contributed by atoms with E-state index in [9.17, 15) is 9.50 Å². The van der Waals surface area contributed by atoms with Gasteiger partial charge in [0, 0.05) is 0 Å². The van der Waals surface area contributed by atoms with Crippen molar-refractivity contribution in [3.63, 3.8) is 0 Å². The van der Waals surface area contributed by atoms with E-state index >= 15 is 0 Å². The van der Waals surface area contributed by atoms with Crippen molar-refractivity contribution in [2.24, 2.45) is 17.3 Å². The zero-order valence-corrected chi connectivity index (χ0v) is 14.1. The SMILES string of the molecule is CC1CCC(C(C)(C)Cc2cccc(F)c2Br)C(O)C1. The zero-order valence-electron chi connectivity index (χ0n) is 12.5. The van der Waals surface area contributed by atoms with Crippen LogP contribution in [0.5, 0.6) is 0 Å². The molecule has 112 valence electrons. The molecule has 3 atom stereocenters. The van der Waals surface area contributed by atoms with Crippen molar-refractivity contribution in [1.29, 1.82) is 0 Å². The average molecular weight is 343 g/mol. The summed E-state index contributed by atoms with van der Waals surface area (Å²) in [5, 5.41) is 10.4. The Morgan fingerprint density at radius 3 is 2.70 bits per heavy atom. The molecule has 0 radical (unpaired) electrons. The lowest BCUT2D eigenvalue weighted by Gasteiger charge is -2.42. The predicted octanol–water partition coefficient (Wildman–Crippen LogP) is 4.95. The van der Waals surface area contributed by atoms with Crippen LogP contribution in [-0.4, -0.2) is 11.2 Å². The van der Waals surface area contributed by atoms with Crippen molar-refractivity contribution >= 4 is 15.9 Å². The molecule has 1 aromatic rings. The van der Waals surface area contributed by atoms with Crippen LogP contribution in [0.4, 0.5) is 4.39 Å². The van der Waals surface area contributed by atoms with Gasteiger partial charge in [-0.25, -0.2) is 4.39 Å². The number of rotatable bonds is 3. The Morgan fingerprint density at radius 1 is 1.35 bits per heavy atom. The lowest BCUT2D eigenvalue weighted by Crippen LogP contribution is -2.39. The second-order valence-corrected chi connectivity index (χ2v) is 7.76. The third kappa shape index (κ3) is 3.43. The summed E-state index contributed by atoms with van der Waals surface area (Å²) >= 11 is 3.34. The lowest BCUT2D eigenvalue weighted by molar-refractivity contribution is -0.0126. The lowest BCUT2D eigenvalue weighted by atomic mass is 9.65. The van der Waals surface area contributed by atoms with Crippen LogP contribution in [0, 0.1) is 23.1 Å². The Bertz CT molecular complexity index is 472. The van der Waals surface area contributed by atoms with Gasteiger partial charge in [-0.15, -0.1) is 0 Å². The number of halogens is 2. The van der Waals surface area contributed by atoms with Gasteiger partial charge in [-0.1, -0.05) is 39.3 Å². The molecule has 3 unspecified atom stereocenters. The molecule has 2 rings (SSSR count). The molecule has 20 heavy (non-hydrogen) atoms. The topological polar surface area (TPSA) is 20.2 Å². The van der Waals surface area contributed by atoms with Crippen molar-refractivity contribution < 1.29 is 9.50 Å². The summed E-state index contributed by atoms with van der Waals surface area (Å²) in [6, 6.07) is 5.19. The van der Waals surface area contributed by atoms with Gasteiger partial charge in [0.15, 0.2) is 0 Å². The molecule has 1 fully saturated rings. The predicted molar refractivity (Wildman–Crippen MR) is 84.1 cm³/mol. The highest BCUT2D eigenvalue weighted by Crippen LogP contribution is 2.43. The number of hydrogen-bond acceptors (Lipinski definition) is 1. The Morgan fingerprint density at radius 2 is 2.05 bits per heavy atom. The summed E-state index contributed by atoms with van der Waals surface area (Å²) in [5.41, 5.74) is 0.955. The van der Waals surface area contributed by atoms with Crippen LogP contribution in [0.25, 0.3) is 0 Å². The Hall–Kier alpha value is -0.410. The van der Waals surface area contributed by atoms with E-state index in [1.54, 1.807) is 6.07 Å². The molecule has 0 saturated heterocycles. The van der Waals surface area contributed by atoms with Gasteiger partial charge in [-0.2, -0.15) is 0 Å². The molecular formula is C17H24BrFO. The van der Waals surface area contributed by atoms with Gasteiger partial charge in [0.2, 0.25) is 0 Å². The maximum absolute atomic E-state index is 13.6. The quantitative estimate of drug-likeness (QED) is 0.823. The fourth-order valence-electron chi connectivity index (χ4n) is 3.57. The van der Waals surface area contributed by atoms with Crippen molar-refractivity contribution in [3.8, 4) is 0 Å². The van der Waals surface area contributed by atoms with Crippen molar-refractivity contribution in [1.82, 2.24) is 0 Å². The van der Waals surface area contributed by atoms with E-state index in [1.807, 2.05) is 6.07 Å². The third-order valence-corrected chi connectivity index (χ3v) is 5.65. The van der Waals surface area contributed by atoms with Gasteiger partial charge in [0.1, 0.15) is 5.82 Å². The summed E-state index contributed by atoms with van der Waals surface area (Å²) in [6.45, 7) is 6.58. The van der Waals surface area contributed by atoms with Gasteiger partial charge in [-0.05, 0) is 64.1 Å². The van der Waals surface area contributed by atoms with E-state index < -0.39 is 0 Å². The minimum absolute atomic E-state index is 0.0319. The van der Waals surface area contributed by atoms with Gasteiger partial charge >= 0.3 is 0 Å². The molecule has 0 amide bonds. The van der Waals surface area contributed by atoms with Crippen LogP contribution in [0.3, 0.4) is 0 Å². The fourth-order valence-corrected chi connectivity index (χ4v) is 3.97. The maximum Gasteiger partial charge on any atom is 0.137 e. The molecule has 0 spiro atoms. The molecule has 1 aromatic carbocycles. The molecule has 1 aliphatic carbocycles. The monoisotopic (exact) mass is 342 g/mol. The molecule has 0 bridgehead atoms. The average Bonchev–Trinajstić information content (AvgIpc) is 2.34.